The first-order valence-electron chi connectivity index (χ1n) is 3.36. The van der Waals surface area contributed by atoms with E-state index in [1.807, 2.05) is 0 Å². The molecule has 0 radical (unpaired) electrons. The third-order valence-electron chi connectivity index (χ3n) is 1.19. The molecule has 0 atom stereocenters. The molecule has 6 heteroatoms. The van der Waals surface area contributed by atoms with Gasteiger partial charge in [-0.05, 0) is 0 Å². The summed E-state index contributed by atoms with van der Waals surface area (Å²) >= 11 is 0. The summed E-state index contributed by atoms with van der Waals surface area (Å²) < 4.78 is 0. The number of aliphatic hydroxyl groups excluding tert-OH is 2. The second-order valence-corrected chi connectivity index (χ2v) is 2.12. The maximum absolute atomic E-state index is 10.2. The van der Waals surface area contributed by atoms with Gasteiger partial charge in [-0.3, -0.25) is 9.69 Å². The van der Waals surface area contributed by atoms with Crippen LogP contribution in [0.4, 0.5) is 0 Å². The van der Waals surface area contributed by atoms with E-state index in [-0.39, 0.29) is 70.6 Å². The van der Waals surface area contributed by atoms with Crippen LogP contribution in [0.15, 0.2) is 0 Å². The third kappa shape index (κ3) is 8.70. The topological polar surface area (TPSA) is 81.0 Å². The van der Waals surface area contributed by atoms with Gasteiger partial charge < -0.3 is 15.3 Å². The molecule has 3 N–H and O–H groups in total. The number of carboxylic acids is 1. The van der Waals surface area contributed by atoms with Crippen LogP contribution in [-0.2, 0) is 4.79 Å². The zero-order chi connectivity index (χ0) is 8.69. The molecule has 0 heterocycles. The first kappa shape index (κ1) is 15.1. The molecule has 12 heavy (non-hydrogen) atoms. The number of hydrogen-bond donors (Lipinski definition) is 3. The Bertz CT molecular complexity index is 116. The van der Waals surface area contributed by atoms with Crippen LogP contribution >= 0.6 is 0 Å². The SMILES string of the molecule is O=C(O)CN(CCO)CCO.[CaH2]. The molecule has 0 aromatic heterocycles. The van der Waals surface area contributed by atoms with Crippen LogP contribution in [0.1, 0.15) is 0 Å². The van der Waals surface area contributed by atoms with E-state index in [4.69, 9.17) is 15.3 Å². The van der Waals surface area contributed by atoms with Gasteiger partial charge in [0.15, 0.2) is 0 Å². The molecular formula is C6H15CaNO4. The summed E-state index contributed by atoms with van der Waals surface area (Å²) in [7, 11) is 0. The van der Waals surface area contributed by atoms with Crippen molar-refractivity contribution in [2.75, 3.05) is 32.8 Å². The minimum absolute atomic E-state index is 0. The molecule has 0 unspecified atom stereocenters. The second-order valence-electron chi connectivity index (χ2n) is 2.12. The fourth-order valence-corrected chi connectivity index (χ4v) is 0.744. The molecule has 0 aromatic carbocycles. The summed E-state index contributed by atoms with van der Waals surface area (Å²) in [5, 5.41) is 25.3. The monoisotopic (exact) mass is 205 g/mol. The van der Waals surface area contributed by atoms with E-state index in [9.17, 15) is 4.79 Å². The van der Waals surface area contributed by atoms with Gasteiger partial charge in [0.05, 0.1) is 19.8 Å². The van der Waals surface area contributed by atoms with Crippen LogP contribution < -0.4 is 0 Å². The van der Waals surface area contributed by atoms with Crippen molar-refractivity contribution in [2.45, 2.75) is 0 Å². The zero-order valence-corrected chi connectivity index (χ0v) is 6.23. The van der Waals surface area contributed by atoms with Crippen molar-refractivity contribution in [3.63, 3.8) is 0 Å². The zero-order valence-electron chi connectivity index (χ0n) is 6.23. The molecule has 70 valence electrons. The summed E-state index contributed by atoms with van der Waals surface area (Å²) in [5.41, 5.74) is 0. The molecule has 0 spiro atoms. The number of nitrogens with zero attached hydrogens (tertiary/aromatic N) is 1. The van der Waals surface area contributed by atoms with Gasteiger partial charge in [-0.2, -0.15) is 0 Å². The Morgan fingerprint density at radius 3 is 1.83 bits per heavy atom. The quantitative estimate of drug-likeness (QED) is 0.416. The standard InChI is InChI=1S/C6H13NO4.Ca.2H/c8-3-1-7(2-4-9)5-6(10)11;;;/h8-9H,1-5H2,(H,10,11);;;. The van der Waals surface area contributed by atoms with Crippen LogP contribution in [0.25, 0.3) is 0 Å². The molecule has 0 rings (SSSR count). The van der Waals surface area contributed by atoms with Crippen molar-refractivity contribution < 1.29 is 20.1 Å². The summed E-state index contributed by atoms with van der Waals surface area (Å²) in [6.07, 6.45) is 0. The number of carboxylic acid groups (broad SMARTS) is 1. The molecule has 0 aromatic rings. The average Bonchev–Trinajstić information content (AvgIpc) is 1.87. The van der Waals surface area contributed by atoms with E-state index in [1.165, 1.54) is 4.90 Å². The predicted molar refractivity (Wildman–Crippen MR) is 46.8 cm³/mol. The molecular weight excluding hydrogens is 190 g/mol. The van der Waals surface area contributed by atoms with Crippen molar-refractivity contribution >= 4 is 43.7 Å². The molecule has 0 saturated heterocycles. The third-order valence-corrected chi connectivity index (χ3v) is 1.19. The van der Waals surface area contributed by atoms with Crippen LogP contribution in [0.3, 0.4) is 0 Å². The fourth-order valence-electron chi connectivity index (χ4n) is 0.744. The van der Waals surface area contributed by atoms with Gasteiger partial charge in [0.25, 0.3) is 0 Å². The Labute approximate surface area is 101 Å². The van der Waals surface area contributed by atoms with E-state index < -0.39 is 5.97 Å². The van der Waals surface area contributed by atoms with Crippen LogP contribution in [0.2, 0.25) is 0 Å². The van der Waals surface area contributed by atoms with Crippen molar-refractivity contribution in [2.24, 2.45) is 0 Å². The second kappa shape index (κ2) is 9.70. The number of carbonyl (C=O) groups is 1. The van der Waals surface area contributed by atoms with Crippen molar-refractivity contribution in [1.82, 2.24) is 4.90 Å². The van der Waals surface area contributed by atoms with Crippen LogP contribution in [0, 0.1) is 0 Å². The predicted octanol–water partition coefficient (Wildman–Crippen LogP) is -2.56. The molecule has 0 saturated carbocycles. The molecule has 0 aliphatic rings. The van der Waals surface area contributed by atoms with Crippen LogP contribution in [-0.4, -0.2) is 96.8 Å². The Morgan fingerprint density at radius 2 is 1.58 bits per heavy atom. The van der Waals surface area contributed by atoms with Crippen molar-refractivity contribution in [1.29, 1.82) is 0 Å². The number of aliphatic carboxylic acids is 1. The van der Waals surface area contributed by atoms with Crippen molar-refractivity contribution in [3.05, 3.63) is 0 Å². The Morgan fingerprint density at radius 1 is 1.17 bits per heavy atom. The number of aliphatic hydroxyl groups is 2. The first-order chi connectivity index (χ1) is 5.20. The minimum atomic E-state index is -0.952. The molecule has 0 amide bonds. The van der Waals surface area contributed by atoms with E-state index >= 15 is 0 Å². The van der Waals surface area contributed by atoms with Crippen LogP contribution in [0.5, 0.6) is 0 Å². The molecule has 0 aliphatic heterocycles. The Kier molecular flexibility index (Phi) is 12.2. The number of hydrogen-bond acceptors (Lipinski definition) is 4. The molecule has 0 bridgehead atoms. The Hall–Kier alpha value is 0.610. The van der Waals surface area contributed by atoms with E-state index in [0.717, 1.165) is 0 Å². The van der Waals surface area contributed by atoms with E-state index in [2.05, 4.69) is 0 Å². The van der Waals surface area contributed by atoms with Gasteiger partial charge in [-0.25, -0.2) is 0 Å². The normalized spacial score (nSPS) is 9.58. The van der Waals surface area contributed by atoms with E-state index in [1.54, 1.807) is 0 Å². The first-order valence-corrected chi connectivity index (χ1v) is 3.36. The number of rotatable bonds is 6. The summed E-state index contributed by atoms with van der Waals surface area (Å²) in [4.78, 5) is 11.6. The maximum atomic E-state index is 10.2. The summed E-state index contributed by atoms with van der Waals surface area (Å²) in [6, 6.07) is 0. The van der Waals surface area contributed by atoms with Gasteiger partial charge in [0.2, 0.25) is 0 Å². The summed E-state index contributed by atoms with van der Waals surface area (Å²) in [6.45, 7) is 0.251. The average molecular weight is 205 g/mol. The van der Waals surface area contributed by atoms with Gasteiger partial charge in [-0.1, -0.05) is 0 Å². The van der Waals surface area contributed by atoms with Gasteiger partial charge >= 0.3 is 43.7 Å². The molecule has 0 aliphatic carbocycles. The summed E-state index contributed by atoms with van der Waals surface area (Å²) in [5.74, 6) is -0.952. The molecule has 5 nitrogen and oxygen atoms in total. The van der Waals surface area contributed by atoms with E-state index in [0.29, 0.717) is 0 Å². The molecule has 0 fully saturated rings. The Balaban J connectivity index is 0. The van der Waals surface area contributed by atoms with Gasteiger partial charge in [-0.15, -0.1) is 0 Å². The van der Waals surface area contributed by atoms with Crippen molar-refractivity contribution in [3.8, 4) is 0 Å². The van der Waals surface area contributed by atoms with Gasteiger partial charge in [0.1, 0.15) is 0 Å². The van der Waals surface area contributed by atoms with Gasteiger partial charge in [0, 0.05) is 13.1 Å². The fraction of sp³-hybridized carbons (Fsp3) is 0.833.